The number of benzene rings is 1. The van der Waals surface area contributed by atoms with Gasteiger partial charge in [-0.1, -0.05) is 30.3 Å². The van der Waals surface area contributed by atoms with E-state index < -0.39 is 5.91 Å². The van der Waals surface area contributed by atoms with Gasteiger partial charge in [-0.05, 0) is 18.1 Å². The van der Waals surface area contributed by atoms with Gasteiger partial charge in [-0.15, -0.1) is 11.3 Å². The summed E-state index contributed by atoms with van der Waals surface area (Å²) in [6.07, 6.45) is 1.72. The molecule has 0 saturated heterocycles. The van der Waals surface area contributed by atoms with E-state index in [0.717, 1.165) is 16.1 Å². The second kappa shape index (κ2) is 4.93. The van der Waals surface area contributed by atoms with Gasteiger partial charge in [0, 0.05) is 11.6 Å². The third kappa shape index (κ3) is 2.42. The van der Waals surface area contributed by atoms with Gasteiger partial charge in [0.2, 0.25) is 5.91 Å². The molecule has 0 aliphatic carbocycles. The number of rotatable bonds is 3. The first-order chi connectivity index (χ1) is 8.20. The van der Waals surface area contributed by atoms with E-state index in [1.807, 2.05) is 42.6 Å². The Kier molecular flexibility index (Phi) is 3.35. The number of carbonyl (C=O) groups is 1. The fraction of sp³-hybridized carbons (Fsp3) is 0.0769. The third-order valence-corrected chi connectivity index (χ3v) is 3.33. The molecule has 1 heterocycles. The molecule has 0 atom stereocenters. The summed E-state index contributed by atoms with van der Waals surface area (Å²) in [6, 6.07) is 9.41. The van der Waals surface area contributed by atoms with E-state index in [9.17, 15) is 4.79 Å². The van der Waals surface area contributed by atoms with Gasteiger partial charge in [0.1, 0.15) is 5.01 Å². The molecule has 4 heteroatoms. The average Bonchev–Trinajstić information content (AvgIpc) is 2.83. The van der Waals surface area contributed by atoms with E-state index in [2.05, 4.69) is 4.98 Å². The molecule has 3 nitrogen and oxygen atoms in total. The van der Waals surface area contributed by atoms with Gasteiger partial charge < -0.3 is 5.73 Å². The van der Waals surface area contributed by atoms with Crippen LogP contribution in [0.25, 0.3) is 11.1 Å². The molecule has 1 aromatic heterocycles. The second-order valence-corrected chi connectivity index (χ2v) is 4.46. The molecule has 2 N–H and O–H groups in total. The summed E-state index contributed by atoms with van der Waals surface area (Å²) in [5.41, 5.74) is 7.63. The van der Waals surface area contributed by atoms with Crippen LogP contribution >= 0.6 is 11.3 Å². The molecule has 2 rings (SSSR count). The van der Waals surface area contributed by atoms with Crippen molar-refractivity contribution in [3.63, 3.8) is 0 Å². The van der Waals surface area contributed by atoms with E-state index in [0.29, 0.717) is 5.57 Å². The fourth-order valence-electron chi connectivity index (χ4n) is 1.66. The van der Waals surface area contributed by atoms with Gasteiger partial charge in [-0.3, -0.25) is 4.79 Å². The van der Waals surface area contributed by atoms with Crippen molar-refractivity contribution in [1.82, 2.24) is 4.98 Å². The number of carbonyl (C=O) groups excluding carboxylic acids is 1. The van der Waals surface area contributed by atoms with Crippen LogP contribution < -0.4 is 5.73 Å². The first kappa shape index (κ1) is 11.5. The van der Waals surface area contributed by atoms with Gasteiger partial charge in [0.05, 0.1) is 5.57 Å². The lowest BCUT2D eigenvalue weighted by Gasteiger charge is -2.07. The van der Waals surface area contributed by atoms with Gasteiger partial charge in [0.15, 0.2) is 0 Å². The lowest BCUT2D eigenvalue weighted by Crippen LogP contribution is -2.14. The lowest BCUT2D eigenvalue weighted by molar-refractivity contribution is -0.112. The highest BCUT2D eigenvalue weighted by atomic mass is 32.1. The van der Waals surface area contributed by atoms with Crippen molar-refractivity contribution in [1.29, 1.82) is 0 Å². The maximum atomic E-state index is 11.6. The van der Waals surface area contributed by atoms with Crippen molar-refractivity contribution in [3.8, 4) is 0 Å². The van der Waals surface area contributed by atoms with Crippen LogP contribution in [0, 0.1) is 0 Å². The zero-order chi connectivity index (χ0) is 12.3. The number of amides is 1. The number of hydrogen-bond donors (Lipinski definition) is 1. The number of aromatic nitrogens is 1. The number of thiazole rings is 1. The summed E-state index contributed by atoms with van der Waals surface area (Å²) in [6.45, 7) is 1.87. The van der Waals surface area contributed by atoms with E-state index in [-0.39, 0.29) is 0 Å². The molecule has 0 radical (unpaired) electrons. The maximum Gasteiger partial charge on any atom is 0.249 e. The zero-order valence-corrected chi connectivity index (χ0v) is 10.2. The Hall–Kier alpha value is -1.94. The minimum atomic E-state index is -0.427. The molecule has 0 saturated carbocycles. The molecule has 1 aromatic carbocycles. The largest absolute Gasteiger partial charge is 0.366 e. The molecule has 0 fully saturated rings. The average molecular weight is 244 g/mol. The van der Waals surface area contributed by atoms with Crippen molar-refractivity contribution in [2.75, 3.05) is 0 Å². The van der Waals surface area contributed by atoms with Crippen LogP contribution in [0.1, 0.15) is 17.5 Å². The summed E-state index contributed by atoms with van der Waals surface area (Å²) >= 11 is 1.49. The summed E-state index contributed by atoms with van der Waals surface area (Å²) in [5, 5.41) is 2.70. The van der Waals surface area contributed by atoms with Crippen molar-refractivity contribution < 1.29 is 4.79 Å². The summed E-state index contributed by atoms with van der Waals surface area (Å²) < 4.78 is 0. The molecule has 0 aliphatic heterocycles. The normalized spacial score (nSPS) is 12.1. The van der Waals surface area contributed by atoms with Crippen LogP contribution in [0.4, 0.5) is 0 Å². The Morgan fingerprint density at radius 2 is 2.00 bits per heavy atom. The van der Waals surface area contributed by atoms with Crippen molar-refractivity contribution >= 4 is 28.4 Å². The topological polar surface area (TPSA) is 56.0 Å². The Balaban J connectivity index is 2.57. The number of nitrogens with zero attached hydrogens (tertiary/aromatic N) is 1. The Morgan fingerprint density at radius 3 is 2.53 bits per heavy atom. The summed E-state index contributed by atoms with van der Waals surface area (Å²) in [7, 11) is 0. The number of hydrogen-bond acceptors (Lipinski definition) is 3. The van der Waals surface area contributed by atoms with Crippen LogP contribution in [0.2, 0.25) is 0 Å². The van der Waals surface area contributed by atoms with Crippen LogP contribution in [-0.4, -0.2) is 10.9 Å². The predicted molar refractivity (Wildman–Crippen MR) is 70.2 cm³/mol. The standard InChI is InChI=1S/C13H12N2OS/c1-9(13-15-7-8-17-13)11(12(14)16)10-5-3-2-4-6-10/h2-8H,1H3,(H2,14,16)/b11-9-. The zero-order valence-electron chi connectivity index (χ0n) is 9.38. The fourth-order valence-corrected chi connectivity index (χ4v) is 2.32. The number of allylic oxidation sites excluding steroid dienone is 1. The van der Waals surface area contributed by atoms with Crippen molar-refractivity contribution in [2.24, 2.45) is 5.73 Å². The first-order valence-corrected chi connectivity index (χ1v) is 6.04. The quantitative estimate of drug-likeness (QED) is 0.844. The predicted octanol–water partition coefficient (Wildman–Crippen LogP) is 2.56. The van der Waals surface area contributed by atoms with Crippen LogP contribution in [-0.2, 0) is 4.79 Å². The molecule has 86 valence electrons. The van der Waals surface area contributed by atoms with Gasteiger partial charge in [0.25, 0.3) is 0 Å². The highest BCUT2D eigenvalue weighted by Crippen LogP contribution is 2.26. The monoisotopic (exact) mass is 244 g/mol. The Labute approximate surface area is 104 Å². The molecule has 0 spiro atoms. The van der Waals surface area contributed by atoms with Gasteiger partial charge in [-0.2, -0.15) is 0 Å². The summed E-state index contributed by atoms with van der Waals surface area (Å²) in [4.78, 5) is 15.8. The third-order valence-electron chi connectivity index (χ3n) is 2.44. The molecule has 1 amide bonds. The molecule has 0 bridgehead atoms. The number of primary amides is 1. The number of nitrogens with two attached hydrogens (primary N) is 1. The Morgan fingerprint density at radius 1 is 1.29 bits per heavy atom. The van der Waals surface area contributed by atoms with E-state index in [4.69, 9.17) is 5.73 Å². The van der Waals surface area contributed by atoms with Crippen LogP contribution in [0.5, 0.6) is 0 Å². The van der Waals surface area contributed by atoms with E-state index in [1.165, 1.54) is 11.3 Å². The maximum absolute atomic E-state index is 11.6. The minimum Gasteiger partial charge on any atom is -0.366 e. The molecule has 17 heavy (non-hydrogen) atoms. The van der Waals surface area contributed by atoms with Crippen LogP contribution in [0.15, 0.2) is 41.9 Å². The summed E-state index contributed by atoms with van der Waals surface area (Å²) in [5.74, 6) is -0.427. The Bertz CT molecular complexity index is 544. The second-order valence-electron chi connectivity index (χ2n) is 3.57. The molecule has 2 aromatic rings. The lowest BCUT2D eigenvalue weighted by atomic mass is 10.0. The highest BCUT2D eigenvalue weighted by Gasteiger charge is 2.14. The minimum absolute atomic E-state index is 0.427. The highest BCUT2D eigenvalue weighted by molar-refractivity contribution is 7.10. The van der Waals surface area contributed by atoms with E-state index >= 15 is 0 Å². The molecule has 0 aliphatic rings. The SMILES string of the molecule is C/C(=C(/C(N)=O)c1ccccc1)c1nccs1. The smallest absolute Gasteiger partial charge is 0.249 e. The van der Waals surface area contributed by atoms with Crippen LogP contribution in [0.3, 0.4) is 0 Å². The molecule has 0 unspecified atom stereocenters. The van der Waals surface area contributed by atoms with E-state index in [1.54, 1.807) is 6.20 Å². The van der Waals surface area contributed by atoms with Crippen molar-refractivity contribution in [2.45, 2.75) is 6.92 Å². The molecular formula is C13H12N2OS. The van der Waals surface area contributed by atoms with Gasteiger partial charge >= 0.3 is 0 Å². The van der Waals surface area contributed by atoms with Crippen molar-refractivity contribution in [3.05, 3.63) is 52.5 Å². The van der Waals surface area contributed by atoms with Gasteiger partial charge in [-0.25, -0.2) is 4.98 Å². The first-order valence-electron chi connectivity index (χ1n) is 5.16. The molecular weight excluding hydrogens is 232 g/mol.